The third-order valence-electron chi connectivity index (χ3n) is 3.61. The van der Waals surface area contributed by atoms with Gasteiger partial charge in [0.2, 0.25) is 5.91 Å². The number of hydrogen-bond acceptors (Lipinski definition) is 5. The predicted octanol–water partition coefficient (Wildman–Crippen LogP) is -0.288. The molecule has 2 heterocycles. The molecule has 7 heteroatoms. The van der Waals surface area contributed by atoms with Crippen LogP contribution in [0.5, 0.6) is 0 Å². The van der Waals surface area contributed by atoms with Crippen molar-refractivity contribution in [2.24, 2.45) is 0 Å². The van der Waals surface area contributed by atoms with E-state index in [9.17, 15) is 9.59 Å². The van der Waals surface area contributed by atoms with E-state index in [1.54, 1.807) is 11.8 Å². The highest BCUT2D eigenvalue weighted by atomic mass is 16.6. The fourth-order valence-corrected chi connectivity index (χ4v) is 2.46. The largest absolute Gasteiger partial charge is 0.450 e. The van der Waals surface area contributed by atoms with Gasteiger partial charge >= 0.3 is 6.09 Å². The molecule has 114 valence electrons. The lowest BCUT2D eigenvalue weighted by Gasteiger charge is -2.33. The second kappa shape index (κ2) is 7.44. The molecule has 1 atom stereocenters. The number of likely N-dealkylation sites (tertiary alicyclic amines) is 1. The minimum atomic E-state index is -0.264. The van der Waals surface area contributed by atoms with Crippen molar-refractivity contribution < 1.29 is 19.1 Å². The van der Waals surface area contributed by atoms with E-state index >= 15 is 0 Å². The molecule has 2 N–H and O–H groups in total. The van der Waals surface area contributed by atoms with E-state index in [0.29, 0.717) is 39.5 Å². The minimum absolute atomic E-state index is 0.0146. The number of nitrogens with zero attached hydrogens (tertiary/aromatic N) is 1. The van der Waals surface area contributed by atoms with E-state index in [1.165, 1.54) is 0 Å². The Bertz CT molecular complexity index is 337. The number of ether oxygens (including phenoxy) is 2. The van der Waals surface area contributed by atoms with Gasteiger partial charge in [-0.2, -0.15) is 0 Å². The second-order valence-electron chi connectivity index (χ2n) is 5.05. The summed E-state index contributed by atoms with van der Waals surface area (Å²) in [6.07, 6.45) is 1.26. The molecule has 20 heavy (non-hydrogen) atoms. The van der Waals surface area contributed by atoms with E-state index in [-0.39, 0.29) is 24.1 Å². The van der Waals surface area contributed by atoms with Gasteiger partial charge in [0.1, 0.15) is 6.04 Å². The van der Waals surface area contributed by atoms with Crippen LogP contribution in [-0.2, 0) is 14.3 Å². The Hall–Kier alpha value is -1.34. The first-order valence-electron chi connectivity index (χ1n) is 7.24. The maximum absolute atomic E-state index is 12.0. The summed E-state index contributed by atoms with van der Waals surface area (Å²) < 4.78 is 10.2. The van der Waals surface area contributed by atoms with Gasteiger partial charge in [0.05, 0.1) is 19.8 Å². The van der Waals surface area contributed by atoms with Crippen molar-refractivity contribution in [3.8, 4) is 0 Å². The highest BCUT2D eigenvalue weighted by Gasteiger charge is 2.27. The molecule has 0 aromatic rings. The van der Waals surface area contributed by atoms with E-state index in [1.807, 2.05) is 0 Å². The molecule has 0 radical (unpaired) electrons. The molecule has 2 rings (SSSR count). The number of carbonyl (C=O) groups is 2. The maximum atomic E-state index is 12.0. The van der Waals surface area contributed by atoms with Gasteiger partial charge in [-0.25, -0.2) is 4.79 Å². The molecular weight excluding hydrogens is 262 g/mol. The first-order chi connectivity index (χ1) is 9.70. The van der Waals surface area contributed by atoms with Gasteiger partial charge in [0, 0.05) is 25.7 Å². The molecule has 0 aromatic carbocycles. The topological polar surface area (TPSA) is 79.9 Å². The van der Waals surface area contributed by atoms with Crippen LogP contribution in [0.3, 0.4) is 0 Å². The van der Waals surface area contributed by atoms with E-state index < -0.39 is 0 Å². The monoisotopic (exact) mass is 285 g/mol. The van der Waals surface area contributed by atoms with Gasteiger partial charge < -0.3 is 25.0 Å². The SMILES string of the molecule is CCOC(=O)N1CCC(NC(=O)C2COCCN2)CC1. The first kappa shape index (κ1) is 15.1. The van der Waals surface area contributed by atoms with Crippen LogP contribution < -0.4 is 10.6 Å². The first-order valence-corrected chi connectivity index (χ1v) is 7.24. The van der Waals surface area contributed by atoms with E-state index in [4.69, 9.17) is 9.47 Å². The zero-order chi connectivity index (χ0) is 14.4. The van der Waals surface area contributed by atoms with Crippen LogP contribution >= 0.6 is 0 Å². The Morgan fingerprint density at radius 3 is 2.75 bits per heavy atom. The molecule has 2 aliphatic heterocycles. The average molecular weight is 285 g/mol. The number of carbonyl (C=O) groups excluding carboxylic acids is 2. The summed E-state index contributed by atoms with van der Waals surface area (Å²) >= 11 is 0. The van der Waals surface area contributed by atoms with Crippen molar-refractivity contribution in [1.29, 1.82) is 0 Å². The predicted molar refractivity (Wildman–Crippen MR) is 72.4 cm³/mol. The molecule has 0 bridgehead atoms. The van der Waals surface area contributed by atoms with Crippen molar-refractivity contribution in [2.45, 2.75) is 31.8 Å². The summed E-state index contributed by atoms with van der Waals surface area (Å²) in [5.74, 6) is -0.0146. The number of rotatable bonds is 3. The van der Waals surface area contributed by atoms with Gasteiger partial charge in [-0.1, -0.05) is 0 Å². The van der Waals surface area contributed by atoms with Crippen LogP contribution in [0, 0.1) is 0 Å². The minimum Gasteiger partial charge on any atom is -0.450 e. The van der Waals surface area contributed by atoms with Gasteiger partial charge in [0.25, 0.3) is 0 Å². The van der Waals surface area contributed by atoms with Crippen molar-refractivity contribution in [2.75, 3.05) is 39.5 Å². The molecule has 0 saturated carbocycles. The number of hydrogen-bond donors (Lipinski definition) is 2. The summed E-state index contributed by atoms with van der Waals surface area (Å²) in [7, 11) is 0. The quantitative estimate of drug-likeness (QED) is 0.745. The Morgan fingerprint density at radius 1 is 1.40 bits per heavy atom. The summed E-state index contributed by atoms with van der Waals surface area (Å²) in [6, 6.07) is -0.135. The normalized spacial score (nSPS) is 24.2. The zero-order valence-electron chi connectivity index (χ0n) is 11.9. The van der Waals surface area contributed by atoms with Crippen molar-refractivity contribution in [3.63, 3.8) is 0 Å². The van der Waals surface area contributed by atoms with Crippen molar-refractivity contribution >= 4 is 12.0 Å². The molecule has 1 unspecified atom stereocenters. The maximum Gasteiger partial charge on any atom is 0.409 e. The second-order valence-corrected chi connectivity index (χ2v) is 5.05. The Balaban J connectivity index is 1.71. The molecule has 2 fully saturated rings. The van der Waals surface area contributed by atoms with Crippen LogP contribution in [0.4, 0.5) is 4.79 Å². The summed E-state index contributed by atoms with van der Waals surface area (Å²) in [6.45, 7) is 5.22. The van der Waals surface area contributed by atoms with Crippen LogP contribution in [0.15, 0.2) is 0 Å². The van der Waals surface area contributed by atoms with Crippen molar-refractivity contribution in [3.05, 3.63) is 0 Å². The van der Waals surface area contributed by atoms with E-state index in [0.717, 1.165) is 12.8 Å². The number of amides is 2. The van der Waals surface area contributed by atoms with Crippen LogP contribution in [0.1, 0.15) is 19.8 Å². The average Bonchev–Trinajstić information content (AvgIpc) is 2.49. The van der Waals surface area contributed by atoms with Gasteiger partial charge in [0.15, 0.2) is 0 Å². The molecule has 0 spiro atoms. The highest BCUT2D eigenvalue weighted by Crippen LogP contribution is 2.11. The Morgan fingerprint density at radius 2 is 2.15 bits per heavy atom. The van der Waals surface area contributed by atoms with Crippen LogP contribution in [0.25, 0.3) is 0 Å². The lowest BCUT2D eigenvalue weighted by atomic mass is 10.0. The highest BCUT2D eigenvalue weighted by molar-refractivity contribution is 5.82. The molecule has 2 amide bonds. The number of piperidine rings is 1. The third kappa shape index (κ3) is 4.08. The molecule has 2 saturated heterocycles. The fraction of sp³-hybridized carbons (Fsp3) is 0.846. The molecule has 0 aromatic heterocycles. The van der Waals surface area contributed by atoms with Crippen LogP contribution in [-0.4, -0.2) is 68.4 Å². The lowest BCUT2D eigenvalue weighted by Crippen LogP contribution is -2.55. The number of nitrogens with one attached hydrogen (secondary N) is 2. The summed E-state index contributed by atoms with van der Waals surface area (Å²) in [5.41, 5.74) is 0. The zero-order valence-corrected chi connectivity index (χ0v) is 11.9. The molecule has 7 nitrogen and oxygen atoms in total. The Labute approximate surface area is 119 Å². The van der Waals surface area contributed by atoms with Gasteiger partial charge in [-0.05, 0) is 19.8 Å². The standard InChI is InChI=1S/C13H23N3O4/c1-2-20-13(18)16-6-3-10(4-7-16)15-12(17)11-9-19-8-5-14-11/h10-11,14H,2-9H2,1H3,(H,15,17). The fourth-order valence-electron chi connectivity index (χ4n) is 2.46. The molecular formula is C13H23N3O4. The molecule has 2 aliphatic rings. The summed E-state index contributed by atoms with van der Waals surface area (Å²) in [4.78, 5) is 25.3. The Kier molecular flexibility index (Phi) is 5.60. The lowest BCUT2D eigenvalue weighted by molar-refractivity contribution is -0.126. The number of morpholine rings is 1. The van der Waals surface area contributed by atoms with Gasteiger partial charge in [-0.15, -0.1) is 0 Å². The van der Waals surface area contributed by atoms with Gasteiger partial charge in [-0.3, -0.25) is 4.79 Å². The van der Waals surface area contributed by atoms with Crippen LogP contribution in [0.2, 0.25) is 0 Å². The summed E-state index contributed by atoms with van der Waals surface area (Å²) in [5, 5.41) is 6.15. The van der Waals surface area contributed by atoms with E-state index in [2.05, 4.69) is 10.6 Å². The third-order valence-corrected chi connectivity index (χ3v) is 3.61. The smallest absolute Gasteiger partial charge is 0.409 e. The molecule has 0 aliphatic carbocycles. The van der Waals surface area contributed by atoms with Crippen molar-refractivity contribution in [1.82, 2.24) is 15.5 Å².